The molecule has 1 atom stereocenters. The van der Waals surface area contributed by atoms with E-state index in [0.29, 0.717) is 11.0 Å². The highest BCUT2D eigenvalue weighted by Crippen LogP contribution is 2.51. The molecule has 2 aromatic carbocycles. The molecule has 0 fully saturated rings. The summed E-state index contributed by atoms with van der Waals surface area (Å²) in [5.41, 5.74) is -9.31. The highest BCUT2D eigenvalue weighted by Gasteiger charge is 2.63. The van der Waals surface area contributed by atoms with E-state index in [9.17, 15) is 44.5 Å². The van der Waals surface area contributed by atoms with Gasteiger partial charge in [-0.3, -0.25) is 0 Å². The first-order valence-corrected chi connectivity index (χ1v) is 9.98. The second-order valence-electron chi connectivity index (χ2n) is 8.71. The Bertz CT molecular complexity index is 1170. The molecule has 35 heavy (non-hydrogen) atoms. The molecule has 2 aliphatic heterocycles. The van der Waals surface area contributed by atoms with E-state index in [4.69, 9.17) is 4.65 Å². The number of oxime groups is 1. The molecule has 0 saturated carbocycles. The Balaban J connectivity index is 1.81. The average Bonchev–Trinajstić information content (AvgIpc) is 3.26. The predicted octanol–water partition coefficient (Wildman–Crippen LogP) is 5.26. The summed E-state index contributed by atoms with van der Waals surface area (Å²) >= 11 is 0. The molecular formula is C21H15BF9NO3. The monoisotopic (exact) mass is 511 g/mol. The SMILES string of the molecule is CC1(C)OB(O)c2ccc(C3=NOC(c4cc(C(F)(F)F)cc(C(F)(F)F)c4)(C(F)(F)F)C3)cc21. The summed E-state index contributed by atoms with van der Waals surface area (Å²) in [6.07, 6.45) is -17.3. The second-order valence-corrected chi connectivity index (χ2v) is 8.71. The normalized spacial score (nSPS) is 22.2. The molecule has 0 radical (unpaired) electrons. The Hall–Kier alpha value is -2.74. The topological polar surface area (TPSA) is 51.0 Å². The van der Waals surface area contributed by atoms with Gasteiger partial charge in [-0.2, -0.15) is 39.5 Å². The number of fused-ring (bicyclic) bond motifs is 1. The summed E-state index contributed by atoms with van der Waals surface area (Å²) in [6, 6.07) is 3.76. The lowest BCUT2D eigenvalue weighted by Crippen LogP contribution is -2.43. The number of hydrogen-bond donors (Lipinski definition) is 1. The molecule has 0 aliphatic carbocycles. The number of benzene rings is 2. The molecular weight excluding hydrogens is 496 g/mol. The van der Waals surface area contributed by atoms with Crippen LogP contribution < -0.4 is 5.46 Å². The van der Waals surface area contributed by atoms with E-state index in [1.807, 2.05) is 0 Å². The van der Waals surface area contributed by atoms with Gasteiger partial charge >= 0.3 is 25.6 Å². The Labute approximate surface area is 192 Å². The van der Waals surface area contributed by atoms with E-state index in [1.54, 1.807) is 13.8 Å². The summed E-state index contributed by atoms with van der Waals surface area (Å²) in [7, 11) is -1.28. The van der Waals surface area contributed by atoms with Crippen LogP contribution in [0, 0.1) is 0 Å². The van der Waals surface area contributed by atoms with Crippen molar-refractivity contribution in [2.75, 3.05) is 0 Å². The van der Waals surface area contributed by atoms with Crippen LogP contribution in [0.4, 0.5) is 39.5 Å². The number of halogens is 9. The van der Waals surface area contributed by atoms with E-state index in [1.165, 1.54) is 18.2 Å². The van der Waals surface area contributed by atoms with E-state index in [-0.39, 0.29) is 29.5 Å². The molecule has 2 heterocycles. The van der Waals surface area contributed by atoms with Gasteiger partial charge in [0, 0.05) is 12.0 Å². The maximum Gasteiger partial charge on any atom is 0.492 e. The zero-order chi connectivity index (χ0) is 26.2. The molecule has 0 bridgehead atoms. The van der Waals surface area contributed by atoms with Crippen LogP contribution in [0.25, 0.3) is 0 Å². The molecule has 1 N–H and O–H groups in total. The second kappa shape index (κ2) is 7.63. The van der Waals surface area contributed by atoms with E-state index in [0.717, 1.165) is 0 Å². The molecule has 4 rings (SSSR count). The third-order valence-electron chi connectivity index (χ3n) is 5.95. The molecule has 14 heteroatoms. The quantitative estimate of drug-likeness (QED) is 0.443. The van der Waals surface area contributed by atoms with Crippen molar-refractivity contribution in [3.8, 4) is 0 Å². The first-order valence-electron chi connectivity index (χ1n) is 9.98. The highest BCUT2D eigenvalue weighted by molar-refractivity contribution is 6.62. The molecule has 0 spiro atoms. The molecule has 2 aromatic rings. The van der Waals surface area contributed by atoms with Crippen LogP contribution >= 0.6 is 0 Å². The van der Waals surface area contributed by atoms with Crippen molar-refractivity contribution in [2.24, 2.45) is 5.16 Å². The van der Waals surface area contributed by atoms with Gasteiger partial charge in [-0.25, -0.2) is 0 Å². The largest absolute Gasteiger partial charge is 0.492 e. The Morgan fingerprint density at radius 1 is 0.886 bits per heavy atom. The van der Waals surface area contributed by atoms with Gasteiger partial charge < -0.3 is 14.5 Å². The number of rotatable bonds is 2. The fourth-order valence-corrected chi connectivity index (χ4v) is 4.13. The van der Waals surface area contributed by atoms with Gasteiger partial charge in [0.1, 0.15) is 0 Å². The molecule has 2 aliphatic rings. The smallest absolute Gasteiger partial charge is 0.423 e. The molecule has 0 amide bonds. The van der Waals surface area contributed by atoms with Crippen molar-refractivity contribution < 1.29 is 54.0 Å². The molecule has 0 aromatic heterocycles. The third kappa shape index (κ3) is 4.26. The number of hydrogen-bond acceptors (Lipinski definition) is 4. The predicted molar refractivity (Wildman–Crippen MR) is 105 cm³/mol. The van der Waals surface area contributed by atoms with Gasteiger partial charge in [-0.15, -0.1) is 0 Å². The zero-order valence-electron chi connectivity index (χ0n) is 17.9. The fourth-order valence-electron chi connectivity index (χ4n) is 4.13. The van der Waals surface area contributed by atoms with Crippen molar-refractivity contribution in [3.05, 3.63) is 64.2 Å². The maximum absolute atomic E-state index is 14.2. The Morgan fingerprint density at radius 2 is 1.46 bits per heavy atom. The third-order valence-corrected chi connectivity index (χ3v) is 5.95. The van der Waals surface area contributed by atoms with Crippen LogP contribution in [0.5, 0.6) is 0 Å². The first kappa shape index (κ1) is 25.4. The minimum Gasteiger partial charge on any atom is -0.423 e. The zero-order valence-corrected chi connectivity index (χ0v) is 17.9. The van der Waals surface area contributed by atoms with Crippen LogP contribution in [0.3, 0.4) is 0 Å². The molecule has 4 nitrogen and oxygen atoms in total. The van der Waals surface area contributed by atoms with Crippen molar-refractivity contribution >= 4 is 18.3 Å². The average molecular weight is 511 g/mol. The van der Waals surface area contributed by atoms with Crippen LogP contribution in [0.2, 0.25) is 0 Å². The number of alkyl halides is 9. The molecule has 1 unspecified atom stereocenters. The highest BCUT2D eigenvalue weighted by atomic mass is 19.4. The van der Waals surface area contributed by atoms with Gasteiger partial charge in [0.25, 0.3) is 5.60 Å². The van der Waals surface area contributed by atoms with Crippen molar-refractivity contribution in [1.29, 1.82) is 0 Å². The lowest BCUT2D eigenvalue weighted by molar-refractivity contribution is -0.276. The Morgan fingerprint density at radius 3 is 1.97 bits per heavy atom. The lowest BCUT2D eigenvalue weighted by atomic mass is 9.77. The first-order chi connectivity index (χ1) is 15.8. The van der Waals surface area contributed by atoms with Gasteiger partial charge in [0.05, 0.1) is 22.4 Å². The minimum absolute atomic E-state index is 0.0167. The Kier molecular flexibility index (Phi) is 5.53. The van der Waals surface area contributed by atoms with Crippen molar-refractivity contribution in [2.45, 2.75) is 50.0 Å². The summed E-state index contributed by atoms with van der Waals surface area (Å²) in [4.78, 5) is 4.63. The lowest BCUT2D eigenvalue weighted by Gasteiger charge is -2.30. The number of nitrogens with zero attached hydrogens (tertiary/aromatic N) is 1. The van der Waals surface area contributed by atoms with Gasteiger partial charge in [0.2, 0.25) is 0 Å². The van der Waals surface area contributed by atoms with Gasteiger partial charge in [0.15, 0.2) is 0 Å². The molecule has 0 saturated heterocycles. The fraction of sp³-hybridized carbons (Fsp3) is 0.381. The van der Waals surface area contributed by atoms with Gasteiger partial charge in [-0.05, 0) is 54.7 Å². The van der Waals surface area contributed by atoms with Crippen LogP contribution in [-0.4, -0.2) is 24.0 Å². The van der Waals surface area contributed by atoms with E-state index >= 15 is 0 Å². The minimum atomic E-state index is -5.43. The summed E-state index contributed by atoms with van der Waals surface area (Å²) < 4.78 is 128. The van der Waals surface area contributed by atoms with Crippen molar-refractivity contribution in [3.63, 3.8) is 0 Å². The van der Waals surface area contributed by atoms with Crippen LogP contribution in [-0.2, 0) is 33.0 Å². The van der Waals surface area contributed by atoms with E-state index < -0.39 is 60.0 Å². The van der Waals surface area contributed by atoms with Gasteiger partial charge in [-0.1, -0.05) is 17.3 Å². The van der Waals surface area contributed by atoms with Crippen molar-refractivity contribution in [1.82, 2.24) is 0 Å². The maximum atomic E-state index is 14.2. The summed E-state index contributed by atoms with van der Waals surface area (Å²) in [6.45, 7) is 3.19. The summed E-state index contributed by atoms with van der Waals surface area (Å²) in [5.74, 6) is 0. The van der Waals surface area contributed by atoms with E-state index in [2.05, 4.69) is 9.99 Å². The summed E-state index contributed by atoms with van der Waals surface area (Å²) in [5, 5.41) is 13.4. The van der Waals surface area contributed by atoms with Crippen LogP contribution in [0.15, 0.2) is 41.6 Å². The molecule has 188 valence electrons. The van der Waals surface area contributed by atoms with Crippen LogP contribution in [0.1, 0.15) is 48.1 Å². The standard InChI is InChI=1S/C21H15BF9NO3/c1-17(2)14-5-10(3-4-15(14)22(33)34-17)16-9-18(35-32-16,21(29,30)31)11-6-12(19(23,24)25)8-13(7-11)20(26,27)28/h3-8,33H,9H2,1-2H3.